The van der Waals surface area contributed by atoms with E-state index in [1.165, 1.54) is 12.1 Å². The van der Waals surface area contributed by atoms with E-state index in [9.17, 15) is 9.59 Å². The SMILES string of the molecule is Nc1ccc(NC(=O)C2CCC2)c(C(=O)O)c1. The molecule has 0 spiro atoms. The number of carboxylic acid groups (broad SMARTS) is 1. The topological polar surface area (TPSA) is 92.4 Å². The molecule has 0 bridgehead atoms. The third-order valence-corrected chi connectivity index (χ3v) is 3.01. The van der Waals surface area contributed by atoms with Gasteiger partial charge in [0.25, 0.3) is 0 Å². The van der Waals surface area contributed by atoms with Crippen LogP contribution in [0.25, 0.3) is 0 Å². The average molecular weight is 234 g/mol. The zero-order valence-corrected chi connectivity index (χ0v) is 9.27. The molecule has 90 valence electrons. The molecule has 0 saturated heterocycles. The molecule has 1 aliphatic carbocycles. The lowest BCUT2D eigenvalue weighted by Gasteiger charge is -2.24. The van der Waals surface area contributed by atoms with E-state index < -0.39 is 5.97 Å². The zero-order valence-electron chi connectivity index (χ0n) is 9.27. The van der Waals surface area contributed by atoms with Gasteiger partial charge in [-0.05, 0) is 31.0 Å². The van der Waals surface area contributed by atoms with Crippen LogP contribution in [0.15, 0.2) is 18.2 Å². The number of hydrogen-bond donors (Lipinski definition) is 3. The number of anilines is 2. The molecule has 1 saturated carbocycles. The molecular weight excluding hydrogens is 220 g/mol. The molecule has 0 aromatic heterocycles. The van der Waals surface area contributed by atoms with Crippen LogP contribution >= 0.6 is 0 Å². The van der Waals surface area contributed by atoms with Crippen molar-refractivity contribution in [2.75, 3.05) is 11.1 Å². The van der Waals surface area contributed by atoms with Crippen LogP contribution in [-0.4, -0.2) is 17.0 Å². The fourth-order valence-corrected chi connectivity index (χ4v) is 1.75. The molecule has 1 amide bonds. The normalized spacial score (nSPS) is 15.1. The largest absolute Gasteiger partial charge is 0.478 e. The van der Waals surface area contributed by atoms with Crippen molar-refractivity contribution in [3.05, 3.63) is 23.8 Å². The standard InChI is InChI=1S/C12H14N2O3/c13-8-4-5-10(9(6-8)12(16)17)14-11(15)7-2-1-3-7/h4-7H,1-3,13H2,(H,14,15)(H,16,17). The van der Waals surface area contributed by atoms with Crippen molar-refractivity contribution in [3.63, 3.8) is 0 Å². The first-order valence-corrected chi connectivity index (χ1v) is 5.51. The molecule has 0 atom stereocenters. The van der Waals surface area contributed by atoms with Crippen molar-refractivity contribution in [1.29, 1.82) is 0 Å². The molecule has 5 heteroatoms. The van der Waals surface area contributed by atoms with E-state index in [4.69, 9.17) is 10.8 Å². The summed E-state index contributed by atoms with van der Waals surface area (Å²) in [6, 6.07) is 4.44. The van der Waals surface area contributed by atoms with Crippen molar-refractivity contribution in [2.45, 2.75) is 19.3 Å². The van der Waals surface area contributed by atoms with Gasteiger partial charge >= 0.3 is 5.97 Å². The average Bonchev–Trinajstić information content (AvgIpc) is 2.17. The lowest BCUT2D eigenvalue weighted by molar-refractivity contribution is -0.122. The molecule has 17 heavy (non-hydrogen) atoms. The summed E-state index contributed by atoms with van der Waals surface area (Å²) in [5, 5.41) is 11.7. The van der Waals surface area contributed by atoms with Crippen molar-refractivity contribution >= 4 is 23.3 Å². The van der Waals surface area contributed by atoms with Crippen LogP contribution in [0.4, 0.5) is 11.4 Å². The first kappa shape index (κ1) is 11.4. The molecule has 1 aromatic carbocycles. The number of rotatable bonds is 3. The Bertz CT molecular complexity index is 467. The number of aromatic carboxylic acids is 1. The molecule has 4 N–H and O–H groups in total. The maximum atomic E-state index is 11.7. The van der Waals surface area contributed by atoms with Gasteiger partial charge in [0.05, 0.1) is 11.3 Å². The molecule has 1 aliphatic rings. The Balaban J connectivity index is 2.19. The summed E-state index contributed by atoms with van der Waals surface area (Å²) >= 11 is 0. The Labute approximate surface area is 98.6 Å². The second-order valence-electron chi connectivity index (χ2n) is 4.23. The van der Waals surface area contributed by atoms with Gasteiger partial charge in [0.15, 0.2) is 0 Å². The fraction of sp³-hybridized carbons (Fsp3) is 0.333. The Morgan fingerprint density at radius 2 is 2.06 bits per heavy atom. The fourth-order valence-electron chi connectivity index (χ4n) is 1.75. The Morgan fingerprint density at radius 1 is 1.35 bits per heavy atom. The first-order valence-electron chi connectivity index (χ1n) is 5.51. The summed E-state index contributed by atoms with van der Waals surface area (Å²) in [7, 11) is 0. The third kappa shape index (κ3) is 2.38. The van der Waals surface area contributed by atoms with E-state index >= 15 is 0 Å². The summed E-state index contributed by atoms with van der Waals surface area (Å²) in [6.07, 6.45) is 2.82. The van der Waals surface area contributed by atoms with Crippen molar-refractivity contribution in [1.82, 2.24) is 0 Å². The van der Waals surface area contributed by atoms with E-state index in [1.807, 2.05) is 0 Å². The highest BCUT2D eigenvalue weighted by Gasteiger charge is 2.26. The van der Waals surface area contributed by atoms with Crippen LogP contribution in [0.5, 0.6) is 0 Å². The van der Waals surface area contributed by atoms with Gasteiger partial charge in [-0.25, -0.2) is 4.79 Å². The maximum Gasteiger partial charge on any atom is 0.337 e. The quantitative estimate of drug-likeness (QED) is 0.694. The van der Waals surface area contributed by atoms with E-state index in [-0.39, 0.29) is 17.4 Å². The summed E-state index contributed by atoms with van der Waals surface area (Å²) < 4.78 is 0. The maximum absolute atomic E-state index is 11.7. The highest BCUT2D eigenvalue weighted by atomic mass is 16.4. The minimum Gasteiger partial charge on any atom is -0.478 e. The summed E-state index contributed by atoms with van der Waals surface area (Å²) in [5.74, 6) is -1.18. The van der Waals surface area contributed by atoms with E-state index in [0.717, 1.165) is 19.3 Å². The van der Waals surface area contributed by atoms with Crippen molar-refractivity contribution in [2.24, 2.45) is 5.92 Å². The Kier molecular flexibility index (Phi) is 2.99. The summed E-state index contributed by atoms with van der Waals surface area (Å²) in [4.78, 5) is 22.7. The Morgan fingerprint density at radius 3 is 2.59 bits per heavy atom. The number of carboxylic acids is 1. The van der Waals surface area contributed by atoms with Gasteiger partial charge in [0.2, 0.25) is 5.91 Å². The van der Waals surface area contributed by atoms with Gasteiger partial charge in [-0.1, -0.05) is 6.42 Å². The number of nitrogens with two attached hydrogens (primary N) is 1. The lowest BCUT2D eigenvalue weighted by atomic mass is 9.85. The number of nitrogen functional groups attached to an aromatic ring is 1. The van der Waals surface area contributed by atoms with Crippen LogP contribution < -0.4 is 11.1 Å². The number of hydrogen-bond acceptors (Lipinski definition) is 3. The predicted molar refractivity (Wildman–Crippen MR) is 63.8 cm³/mol. The third-order valence-electron chi connectivity index (χ3n) is 3.01. The predicted octanol–water partition coefficient (Wildman–Crippen LogP) is 1.71. The Hall–Kier alpha value is -2.04. The van der Waals surface area contributed by atoms with E-state index in [1.54, 1.807) is 6.07 Å². The molecule has 0 aliphatic heterocycles. The number of benzene rings is 1. The second-order valence-corrected chi connectivity index (χ2v) is 4.23. The smallest absolute Gasteiger partial charge is 0.337 e. The number of amides is 1. The highest BCUT2D eigenvalue weighted by Crippen LogP contribution is 2.28. The van der Waals surface area contributed by atoms with Crippen LogP contribution in [0, 0.1) is 5.92 Å². The molecule has 0 radical (unpaired) electrons. The van der Waals surface area contributed by atoms with E-state index in [0.29, 0.717) is 11.4 Å². The number of nitrogens with one attached hydrogen (secondary N) is 1. The monoisotopic (exact) mass is 234 g/mol. The molecule has 1 fully saturated rings. The number of carbonyl (C=O) groups excluding carboxylic acids is 1. The van der Waals surface area contributed by atoms with Gasteiger partial charge < -0.3 is 16.2 Å². The second kappa shape index (κ2) is 4.45. The van der Waals surface area contributed by atoms with Gasteiger partial charge in [-0.3, -0.25) is 4.79 Å². The molecule has 5 nitrogen and oxygen atoms in total. The highest BCUT2D eigenvalue weighted by molar-refractivity contribution is 6.02. The van der Waals surface area contributed by atoms with Crippen LogP contribution in [-0.2, 0) is 4.79 Å². The van der Waals surface area contributed by atoms with Crippen LogP contribution in [0.3, 0.4) is 0 Å². The molecule has 0 unspecified atom stereocenters. The number of carbonyl (C=O) groups is 2. The lowest BCUT2D eigenvalue weighted by Crippen LogP contribution is -2.28. The van der Waals surface area contributed by atoms with Crippen LogP contribution in [0.1, 0.15) is 29.6 Å². The molecule has 1 aromatic rings. The molecular formula is C12H14N2O3. The zero-order chi connectivity index (χ0) is 12.4. The first-order chi connectivity index (χ1) is 8.08. The van der Waals surface area contributed by atoms with E-state index in [2.05, 4.69) is 5.32 Å². The molecule has 2 rings (SSSR count). The van der Waals surface area contributed by atoms with Gasteiger partial charge in [0, 0.05) is 11.6 Å². The van der Waals surface area contributed by atoms with Crippen molar-refractivity contribution < 1.29 is 14.7 Å². The van der Waals surface area contributed by atoms with Gasteiger partial charge in [-0.15, -0.1) is 0 Å². The van der Waals surface area contributed by atoms with Gasteiger partial charge in [-0.2, -0.15) is 0 Å². The summed E-state index contributed by atoms with van der Waals surface area (Å²) in [6.45, 7) is 0. The van der Waals surface area contributed by atoms with Gasteiger partial charge in [0.1, 0.15) is 0 Å². The molecule has 0 heterocycles. The van der Waals surface area contributed by atoms with Crippen molar-refractivity contribution in [3.8, 4) is 0 Å². The minimum absolute atomic E-state index is 0.0224. The van der Waals surface area contributed by atoms with Crippen LogP contribution in [0.2, 0.25) is 0 Å². The minimum atomic E-state index is -1.10. The summed E-state index contributed by atoms with van der Waals surface area (Å²) in [5.41, 5.74) is 6.22.